The standard InChI is InChI=1S/C24H29F3O3/c1-2-3-22(28)30-21-14-12-19(13-15-21)17-6-4-16(5-7-17)18-8-10-20(11-9-18)23(29)24(25,26)27/h2,8-11,16-17,19,21H,1,3-7,12-15H2. The highest BCUT2D eigenvalue weighted by Gasteiger charge is 2.39. The van der Waals surface area contributed by atoms with Crippen LogP contribution in [0.4, 0.5) is 13.2 Å². The van der Waals surface area contributed by atoms with E-state index in [1.165, 1.54) is 12.1 Å². The Morgan fingerprint density at radius 2 is 1.47 bits per heavy atom. The van der Waals surface area contributed by atoms with Gasteiger partial charge in [0.05, 0.1) is 6.42 Å². The number of carbonyl (C=O) groups is 2. The second kappa shape index (κ2) is 9.80. The number of alkyl halides is 3. The number of esters is 1. The van der Waals surface area contributed by atoms with Crippen molar-refractivity contribution in [2.75, 3.05) is 0 Å². The van der Waals surface area contributed by atoms with Crippen LogP contribution in [0.3, 0.4) is 0 Å². The van der Waals surface area contributed by atoms with E-state index in [9.17, 15) is 22.8 Å². The van der Waals surface area contributed by atoms with E-state index in [1.807, 2.05) is 0 Å². The Morgan fingerprint density at radius 3 is 1.97 bits per heavy atom. The summed E-state index contributed by atoms with van der Waals surface area (Å²) in [5.41, 5.74) is 0.718. The van der Waals surface area contributed by atoms with Crippen molar-refractivity contribution >= 4 is 11.8 Å². The van der Waals surface area contributed by atoms with Gasteiger partial charge in [-0.1, -0.05) is 30.3 Å². The van der Waals surface area contributed by atoms with Crippen molar-refractivity contribution in [3.63, 3.8) is 0 Å². The summed E-state index contributed by atoms with van der Waals surface area (Å²) in [6.45, 7) is 3.56. The minimum Gasteiger partial charge on any atom is -0.462 e. The van der Waals surface area contributed by atoms with Crippen LogP contribution in [0.1, 0.15) is 79.6 Å². The van der Waals surface area contributed by atoms with Gasteiger partial charge in [-0.2, -0.15) is 13.2 Å². The van der Waals surface area contributed by atoms with E-state index < -0.39 is 12.0 Å². The number of carbonyl (C=O) groups excluding carboxylic acids is 2. The fraction of sp³-hybridized carbons (Fsp3) is 0.583. The molecule has 3 nitrogen and oxygen atoms in total. The van der Waals surface area contributed by atoms with Gasteiger partial charge in [0.25, 0.3) is 5.78 Å². The van der Waals surface area contributed by atoms with Crippen LogP contribution in [-0.2, 0) is 9.53 Å². The molecule has 0 aliphatic heterocycles. The lowest BCUT2D eigenvalue weighted by Gasteiger charge is -2.37. The molecule has 0 unspecified atom stereocenters. The van der Waals surface area contributed by atoms with Crippen LogP contribution >= 0.6 is 0 Å². The van der Waals surface area contributed by atoms with E-state index in [0.717, 1.165) is 56.9 Å². The van der Waals surface area contributed by atoms with Crippen molar-refractivity contribution in [2.45, 2.75) is 76.0 Å². The van der Waals surface area contributed by atoms with Gasteiger partial charge in [-0.25, -0.2) is 0 Å². The average Bonchev–Trinajstić information content (AvgIpc) is 2.73. The molecule has 6 heteroatoms. The minimum atomic E-state index is -4.83. The maximum Gasteiger partial charge on any atom is 0.454 e. The number of rotatable bonds is 6. The van der Waals surface area contributed by atoms with Crippen molar-refractivity contribution < 1.29 is 27.5 Å². The second-order valence-electron chi connectivity index (χ2n) is 8.58. The Bertz CT molecular complexity index is 738. The Labute approximate surface area is 175 Å². The summed E-state index contributed by atoms with van der Waals surface area (Å²) in [6, 6.07) is 5.94. The largest absolute Gasteiger partial charge is 0.462 e. The highest BCUT2D eigenvalue weighted by atomic mass is 19.4. The molecule has 2 aliphatic carbocycles. The molecule has 0 bridgehead atoms. The van der Waals surface area contributed by atoms with Crippen LogP contribution in [0.2, 0.25) is 0 Å². The third kappa shape index (κ3) is 5.73. The number of hydrogen-bond acceptors (Lipinski definition) is 3. The van der Waals surface area contributed by atoms with Gasteiger partial charge in [0.15, 0.2) is 0 Å². The zero-order valence-electron chi connectivity index (χ0n) is 17.1. The van der Waals surface area contributed by atoms with Gasteiger partial charge in [0, 0.05) is 5.56 Å². The molecular formula is C24H29F3O3. The minimum absolute atomic E-state index is 0.0305. The normalized spacial score (nSPS) is 27.3. The summed E-state index contributed by atoms with van der Waals surface area (Å²) in [7, 11) is 0. The highest BCUT2D eigenvalue weighted by Crippen LogP contribution is 2.43. The molecule has 2 saturated carbocycles. The number of ether oxygens (including phenoxy) is 1. The number of benzene rings is 1. The monoisotopic (exact) mass is 422 g/mol. The van der Waals surface area contributed by atoms with Crippen LogP contribution in [0.5, 0.6) is 0 Å². The van der Waals surface area contributed by atoms with E-state index in [2.05, 4.69) is 6.58 Å². The first-order valence-corrected chi connectivity index (χ1v) is 10.8. The van der Waals surface area contributed by atoms with Crippen molar-refractivity contribution in [1.82, 2.24) is 0 Å². The third-order valence-corrected chi connectivity index (χ3v) is 6.67. The fourth-order valence-electron chi connectivity index (χ4n) is 5.02. The molecular weight excluding hydrogens is 393 g/mol. The Hall–Kier alpha value is -2.11. The first-order valence-electron chi connectivity index (χ1n) is 10.8. The van der Waals surface area contributed by atoms with Crippen LogP contribution in [0, 0.1) is 11.8 Å². The highest BCUT2D eigenvalue weighted by molar-refractivity contribution is 6.00. The van der Waals surface area contributed by atoms with E-state index in [1.54, 1.807) is 18.2 Å². The predicted octanol–water partition coefficient (Wildman–Crippen LogP) is 6.38. The second-order valence-corrected chi connectivity index (χ2v) is 8.58. The van der Waals surface area contributed by atoms with E-state index in [0.29, 0.717) is 17.8 Å². The lowest BCUT2D eigenvalue weighted by molar-refractivity contribution is -0.150. The Balaban J connectivity index is 1.46. The SMILES string of the molecule is C=CCC(=O)OC1CCC(C2CCC(c3ccc(C(=O)C(F)(F)F)cc3)CC2)CC1. The van der Waals surface area contributed by atoms with E-state index >= 15 is 0 Å². The fourth-order valence-corrected chi connectivity index (χ4v) is 5.02. The number of ketones is 1. The average molecular weight is 422 g/mol. The smallest absolute Gasteiger partial charge is 0.454 e. The summed E-state index contributed by atoms with van der Waals surface area (Å²) in [4.78, 5) is 22.9. The predicted molar refractivity (Wildman–Crippen MR) is 108 cm³/mol. The molecule has 2 aliphatic rings. The van der Waals surface area contributed by atoms with Crippen molar-refractivity contribution in [2.24, 2.45) is 11.8 Å². The molecule has 1 aromatic rings. The molecule has 0 atom stereocenters. The van der Waals surface area contributed by atoms with Gasteiger partial charge in [0.2, 0.25) is 0 Å². The van der Waals surface area contributed by atoms with E-state index in [-0.39, 0.29) is 24.1 Å². The quantitative estimate of drug-likeness (QED) is 0.303. The number of hydrogen-bond donors (Lipinski definition) is 0. The third-order valence-electron chi connectivity index (χ3n) is 6.67. The van der Waals surface area contributed by atoms with Gasteiger partial charge in [-0.15, -0.1) is 6.58 Å². The summed E-state index contributed by atoms with van der Waals surface area (Å²) in [6.07, 6.45) is 5.28. The van der Waals surface area contributed by atoms with Crippen molar-refractivity contribution in [1.29, 1.82) is 0 Å². The number of halogens is 3. The summed E-state index contributed by atoms with van der Waals surface area (Å²) in [5, 5.41) is 0. The lowest BCUT2D eigenvalue weighted by atomic mass is 9.69. The maximum atomic E-state index is 12.6. The summed E-state index contributed by atoms with van der Waals surface area (Å²) in [5.74, 6) is -0.322. The van der Waals surface area contributed by atoms with Crippen molar-refractivity contribution in [3.05, 3.63) is 48.0 Å². The van der Waals surface area contributed by atoms with Gasteiger partial charge in [-0.3, -0.25) is 9.59 Å². The molecule has 164 valence electrons. The molecule has 0 saturated heterocycles. The summed E-state index contributed by atoms with van der Waals surface area (Å²) < 4.78 is 43.1. The zero-order valence-corrected chi connectivity index (χ0v) is 17.1. The van der Waals surface area contributed by atoms with Crippen molar-refractivity contribution in [3.8, 4) is 0 Å². The Kier molecular flexibility index (Phi) is 7.37. The molecule has 0 aromatic heterocycles. The maximum absolute atomic E-state index is 12.6. The molecule has 0 radical (unpaired) electrons. The van der Waals surface area contributed by atoms with Gasteiger partial charge >= 0.3 is 12.1 Å². The number of Topliss-reactive ketones (excluding diaryl/α,β-unsaturated/α-hetero) is 1. The van der Waals surface area contributed by atoms with Gasteiger partial charge in [-0.05, 0) is 74.7 Å². The molecule has 0 heterocycles. The van der Waals surface area contributed by atoms with Crippen LogP contribution in [0.25, 0.3) is 0 Å². The first-order chi connectivity index (χ1) is 14.3. The molecule has 1 aromatic carbocycles. The molecule has 30 heavy (non-hydrogen) atoms. The van der Waals surface area contributed by atoms with Gasteiger partial charge < -0.3 is 4.74 Å². The molecule has 0 spiro atoms. The molecule has 0 N–H and O–H groups in total. The Morgan fingerprint density at radius 1 is 0.933 bits per heavy atom. The molecule has 0 amide bonds. The van der Waals surface area contributed by atoms with E-state index in [4.69, 9.17) is 4.74 Å². The summed E-state index contributed by atoms with van der Waals surface area (Å²) >= 11 is 0. The lowest BCUT2D eigenvalue weighted by Crippen LogP contribution is -2.29. The first kappa shape index (κ1) is 22.6. The molecule has 2 fully saturated rings. The van der Waals surface area contributed by atoms with Crippen LogP contribution in [0.15, 0.2) is 36.9 Å². The molecule has 3 rings (SSSR count). The van der Waals surface area contributed by atoms with Crippen LogP contribution in [-0.4, -0.2) is 24.0 Å². The van der Waals surface area contributed by atoms with Crippen LogP contribution < -0.4 is 0 Å². The van der Waals surface area contributed by atoms with Gasteiger partial charge in [0.1, 0.15) is 6.10 Å². The topological polar surface area (TPSA) is 43.4 Å². The zero-order chi connectivity index (χ0) is 21.7.